The van der Waals surface area contributed by atoms with Gasteiger partial charge in [0.1, 0.15) is 5.82 Å². The Bertz CT molecular complexity index is 552. The average Bonchev–Trinajstić information content (AvgIpc) is 2.91. The molecule has 1 saturated heterocycles. The highest BCUT2D eigenvalue weighted by molar-refractivity contribution is 5.31. The number of hydrogen-bond acceptors (Lipinski definition) is 4. The molecule has 1 fully saturated rings. The molecule has 0 atom stereocenters. The van der Waals surface area contributed by atoms with Crippen molar-refractivity contribution in [1.82, 2.24) is 15.2 Å². The van der Waals surface area contributed by atoms with Gasteiger partial charge in [-0.15, -0.1) is 5.10 Å². The van der Waals surface area contributed by atoms with Gasteiger partial charge in [0.15, 0.2) is 0 Å². The smallest absolute Gasteiger partial charge is 0.244 e. The summed E-state index contributed by atoms with van der Waals surface area (Å²) in [5.41, 5.74) is 8.44. The fourth-order valence-corrected chi connectivity index (χ4v) is 2.50. The summed E-state index contributed by atoms with van der Waals surface area (Å²) in [7, 11) is 0. The van der Waals surface area contributed by atoms with Crippen LogP contribution in [0.1, 0.15) is 29.8 Å². The quantitative estimate of drug-likeness (QED) is 0.890. The molecular weight excluding hydrogens is 250 g/mol. The Kier molecular flexibility index (Phi) is 3.69. The number of hydrogen-bond donors (Lipinski definition) is 2. The Morgan fingerprint density at radius 1 is 1.25 bits per heavy atom. The summed E-state index contributed by atoms with van der Waals surface area (Å²) in [4.78, 5) is 6.80. The lowest BCUT2D eigenvalue weighted by atomic mass is 10.1. The van der Waals surface area contributed by atoms with E-state index in [1.54, 1.807) is 0 Å². The number of aryl methyl sites for hydroxylation is 1. The van der Waals surface area contributed by atoms with Gasteiger partial charge in [-0.05, 0) is 25.3 Å². The van der Waals surface area contributed by atoms with Crippen LogP contribution in [0.2, 0.25) is 0 Å². The average molecular weight is 271 g/mol. The second-order valence-corrected chi connectivity index (χ2v) is 5.57. The van der Waals surface area contributed by atoms with Crippen molar-refractivity contribution in [3.63, 3.8) is 0 Å². The second-order valence-electron chi connectivity index (χ2n) is 5.57. The standard InChI is InChI=1S/C15H21N5/c1-11-2-4-12(5-3-11)10-14-17-15(19-18-14)20-8-6-13(16)7-9-20/h2-5,13H,6-10,16H2,1H3,(H,17,18,19). The van der Waals surface area contributed by atoms with Crippen LogP contribution in [0.15, 0.2) is 24.3 Å². The Morgan fingerprint density at radius 2 is 1.95 bits per heavy atom. The summed E-state index contributed by atoms with van der Waals surface area (Å²) < 4.78 is 0. The Balaban J connectivity index is 1.66. The summed E-state index contributed by atoms with van der Waals surface area (Å²) >= 11 is 0. The molecule has 20 heavy (non-hydrogen) atoms. The van der Waals surface area contributed by atoms with Crippen molar-refractivity contribution >= 4 is 5.95 Å². The molecule has 0 bridgehead atoms. The van der Waals surface area contributed by atoms with Crippen molar-refractivity contribution in [3.05, 3.63) is 41.2 Å². The Morgan fingerprint density at radius 3 is 2.65 bits per heavy atom. The number of piperidine rings is 1. The zero-order chi connectivity index (χ0) is 13.9. The minimum atomic E-state index is 0.331. The van der Waals surface area contributed by atoms with E-state index in [1.807, 2.05) is 0 Å². The molecule has 2 heterocycles. The molecule has 0 amide bonds. The lowest BCUT2D eigenvalue weighted by Crippen LogP contribution is -2.40. The van der Waals surface area contributed by atoms with Crippen molar-refractivity contribution < 1.29 is 0 Å². The van der Waals surface area contributed by atoms with Crippen LogP contribution in [0.5, 0.6) is 0 Å². The van der Waals surface area contributed by atoms with Crippen LogP contribution in [0, 0.1) is 6.92 Å². The van der Waals surface area contributed by atoms with Gasteiger partial charge in [-0.1, -0.05) is 29.8 Å². The van der Waals surface area contributed by atoms with E-state index in [-0.39, 0.29) is 0 Å². The minimum absolute atomic E-state index is 0.331. The monoisotopic (exact) mass is 271 g/mol. The number of nitrogens with zero attached hydrogens (tertiary/aromatic N) is 3. The van der Waals surface area contributed by atoms with E-state index in [1.165, 1.54) is 11.1 Å². The molecule has 0 saturated carbocycles. The number of nitrogens with two attached hydrogens (primary N) is 1. The van der Waals surface area contributed by atoms with Gasteiger partial charge in [-0.25, -0.2) is 0 Å². The van der Waals surface area contributed by atoms with E-state index in [0.717, 1.165) is 44.1 Å². The molecular formula is C15H21N5. The highest BCUT2D eigenvalue weighted by atomic mass is 15.4. The van der Waals surface area contributed by atoms with Crippen molar-refractivity contribution in [2.75, 3.05) is 18.0 Å². The van der Waals surface area contributed by atoms with E-state index in [9.17, 15) is 0 Å². The molecule has 1 aliphatic heterocycles. The highest BCUT2D eigenvalue weighted by Crippen LogP contribution is 2.16. The molecule has 0 radical (unpaired) electrons. The summed E-state index contributed by atoms with van der Waals surface area (Å²) in [6, 6.07) is 8.85. The van der Waals surface area contributed by atoms with Gasteiger partial charge in [0.2, 0.25) is 5.95 Å². The first-order valence-electron chi connectivity index (χ1n) is 7.18. The molecule has 3 N–H and O–H groups in total. The number of H-pyrrole nitrogens is 1. The third kappa shape index (κ3) is 2.99. The number of aromatic amines is 1. The van der Waals surface area contributed by atoms with Gasteiger partial charge in [-0.3, -0.25) is 5.10 Å². The van der Waals surface area contributed by atoms with Gasteiger partial charge < -0.3 is 10.6 Å². The van der Waals surface area contributed by atoms with E-state index in [2.05, 4.69) is 51.3 Å². The van der Waals surface area contributed by atoms with Crippen LogP contribution < -0.4 is 10.6 Å². The van der Waals surface area contributed by atoms with Crippen molar-refractivity contribution in [1.29, 1.82) is 0 Å². The van der Waals surface area contributed by atoms with Crippen LogP contribution in [0.4, 0.5) is 5.95 Å². The van der Waals surface area contributed by atoms with Gasteiger partial charge in [0.25, 0.3) is 0 Å². The predicted octanol–water partition coefficient (Wildman–Crippen LogP) is 1.63. The maximum Gasteiger partial charge on any atom is 0.244 e. The van der Waals surface area contributed by atoms with Gasteiger partial charge in [0, 0.05) is 25.6 Å². The molecule has 0 spiro atoms. The lowest BCUT2D eigenvalue weighted by molar-refractivity contribution is 0.496. The summed E-state index contributed by atoms with van der Waals surface area (Å²) in [5, 5.41) is 7.37. The van der Waals surface area contributed by atoms with Gasteiger partial charge >= 0.3 is 0 Å². The highest BCUT2D eigenvalue weighted by Gasteiger charge is 2.19. The van der Waals surface area contributed by atoms with Crippen LogP contribution in [0.3, 0.4) is 0 Å². The number of nitrogens with one attached hydrogen (secondary N) is 1. The SMILES string of the molecule is Cc1ccc(Cc2nc(N3CCC(N)CC3)n[nH]2)cc1. The van der Waals surface area contributed by atoms with Crippen LogP contribution in [-0.4, -0.2) is 34.3 Å². The third-order valence-corrected chi connectivity index (χ3v) is 3.83. The number of anilines is 1. The first kappa shape index (κ1) is 13.1. The zero-order valence-corrected chi connectivity index (χ0v) is 11.8. The molecule has 1 aromatic carbocycles. The van der Waals surface area contributed by atoms with Crippen molar-refractivity contribution in [2.45, 2.75) is 32.2 Å². The first-order chi connectivity index (χ1) is 9.70. The molecule has 1 aliphatic rings. The lowest BCUT2D eigenvalue weighted by Gasteiger charge is -2.28. The van der Waals surface area contributed by atoms with Crippen molar-refractivity contribution in [3.8, 4) is 0 Å². The van der Waals surface area contributed by atoms with Gasteiger partial charge in [-0.2, -0.15) is 4.98 Å². The van der Waals surface area contributed by atoms with Crippen LogP contribution in [-0.2, 0) is 6.42 Å². The Labute approximate surface area is 119 Å². The maximum absolute atomic E-state index is 5.92. The van der Waals surface area contributed by atoms with Crippen molar-refractivity contribution in [2.24, 2.45) is 5.73 Å². The summed E-state index contributed by atoms with van der Waals surface area (Å²) in [5.74, 6) is 1.72. The molecule has 2 aromatic rings. The largest absolute Gasteiger partial charge is 0.339 e. The molecule has 5 heteroatoms. The van der Waals surface area contributed by atoms with Crippen LogP contribution >= 0.6 is 0 Å². The number of benzene rings is 1. The third-order valence-electron chi connectivity index (χ3n) is 3.83. The molecule has 0 aliphatic carbocycles. The van der Waals surface area contributed by atoms with E-state index in [0.29, 0.717) is 6.04 Å². The molecule has 3 rings (SSSR count). The fourth-order valence-electron chi connectivity index (χ4n) is 2.50. The second kappa shape index (κ2) is 5.63. The Hall–Kier alpha value is -1.88. The summed E-state index contributed by atoms with van der Waals surface area (Å²) in [6.45, 7) is 3.99. The molecule has 0 unspecified atom stereocenters. The fraction of sp³-hybridized carbons (Fsp3) is 0.467. The topological polar surface area (TPSA) is 70.8 Å². The molecule has 106 valence electrons. The minimum Gasteiger partial charge on any atom is -0.339 e. The maximum atomic E-state index is 5.92. The number of rotatable bonds is 3. The van der Waals surface area contributed by atoms with E-state index < -0.39 is 0 Å². The zero-order valence-electron chi connectivity index (χ0n) is 11.8. The van der Waals surface area contributed by atoms with Crippen LogP contribution in [0.25, 0.3) is 0 Å². The normalized spacial score (nSPS) is 16.6. The first-order valence-corrected chi connectivity index (χ1v) is 7.18. The van der Waals surface area contributed by atoms with E-state index in [4.69, 9.17) is 5.73 Å². The predicted molar refractivity (Wildman–Crippen MR) is 79.8 cm³/mol. The molecule has 5 nitrogen and oxygen atoms in total. The molecule has 1 aromatic heterocycles. The van der Waals surface area contributed by atoms with Gasteiger partial charge in [0.05, 0.1) is 0 Å². The van der Waals surface area contributed by atoms with E-state index >= 15 is 0 Å². The summed E-state index contributed by atoms with van der Waals surface area (Å²) in [6.07, 6.45) is 2.82. The number of aromatic nitrogens is 3.